The molecule has 0 radical (unpaired) electrons. The van der Waals surface area contributed by atoms with E-state index in [9.17, 15) is 19.3 Å². The van der Waals surface area contributed by atoms with Crippen LogP contribution in [-0.4, -0.2) is 38.5 Å². The van der Waals surface area contributed by atoms with Gasteiger partial charge in [-0.2, -0.15) is 0 Å². The number of amides is 1. The van der Waals surface area contributed by atoms with Crippen LogP contribution in [0.2, 0.25) is 0 Å². The molecule has 2 aromatic carbocycles. The number of nitrogens with one attached hydrogen (secondary N) is 1. The van der Waals surface area contributed by atoms with E-state index in [1.54, 1.807) is 16.7 Å². The van der Waals surface area contributed by atoms with Gasteiger partial charge in [0.1, 0.15) is 6.61 Å². The highest BCUT2D eigenvalue weighted by Crippen LogP contribution is 2.30. The molecule has 1 amide bonds. The Bertz CT molecular complexity index is 1120. The zero-order valence-electron chi connectivity index (χ0n) is 17.3. The summed E-state index contributed by atoms with van der Waals surface area (Å²) in [4.78, 5) is 22.7. The quantitative estimate of drug-likeness (QED) is 0.276. The van der Waals surface area contributed by atoms with Gasteiger partial charge in [-0.05, 0) is 25.1 Å². The molecular formula is C20H20FN5O5S. The normalized spacial score (nSPS) is 10.6. The number of carbonyl (C=O) groups excluding carboxylic acids is 1. The number of nitro benzene ring substituents is 1. The molecule has 3 rings (SSSR count). The highest BCUT2D eigenvalue weighted by atomic mass is 32.2. The molecule has 0 fully saturated rings. The van der Waals surface area contributed by atoms with E-state index in [4.69, 9.17) is 9.47 Å². The maximum Gasteiger partial charge on any atom is 0.311 e. The van der Waals surface area contributed by atoms with Crippen LogP contribution in [0.4, 0.5) is 15.8 Å². The minimum Gasteiger partial charge on any atom is -0.490 e. The topological polar surface area (TPSA) is 121 Å². The van der Waals surface area contributed by atoms with Gasteiger partial charge in [-0.3, -0.25) is 14.9 Å². The zero-order valence-corrected chi connectivity index (χ0v) is 18.1. The van der Waals surface area contributed by atoms with Crippen molar-refractivity contribution in [2.24, 2.45) is 0 Å². The van der Waals surface area contributed by atoms with Crippen molar-refractivity contribution < 1.29 is 23.6 Å². The number of methoxy groups -OCH3 is 1. The van der Waals surface area contributed by atoms with Gasteiger partial charge in [0.25, 0.3) is 0 Å². The number of anilines is 1. The van der Waals surface area contributed by atoms with Crippen LogP contribution in [0.15, 0.2) is 47.6 Å². The average Bonchev–Trinajstić information content (AvgIpc) is 3.18. The number of thioether (sulfide) groups is 1. The monoisotopic (exact) mass is 461 g/mol. The molecule has 1 N–H and O–H groups in total. The van der Waals surface area contributed by atoms with Crippen LogP contribution in [0, 0.1) is 15.9 Å². The lowest BCUT2D eigenvalue weighted by Gasteiger charge is -2.10. The van der Waals surface area contributed by atoms with E-state index in [0.717, 1.165) is 0 Å². The van der Waals surface area contributed by atoms with E-state index in [1.807, 2.05) is 6.92 Å². The maximum absolute atomic E-state index is 13.7. The number of hydrogen-bond acceptors (Lipinski definition) is 8. The van der Waals surface area contributed by atoms with Crippen LogP contribution < -0.4 is 14.8 Å². The van der Waals surface area contributed by atoms with Gasteiger partial charge in [-0.15, -0.1) is 10.2 Å². The first-order valence-electron chi connectivity index (χ1n) is 9.47. The fraction of sp³-hybridized carbons (Fsp3) is 0.250. The van der Waals surface area contributed by atoms with Crippen LogP contribution in [0.25, 0.3) is 0 Å². The van der Waals surface area contributed by atoms with Gasteiger partial charge in [0.15, 0.2) is 28.3 Å². The van der Waals surface area contributed by atoms with E-state index in [1.165, 1.54) is 49.2 Å². The Balaban J connectivity index is 1.60. The molecule has 12 heteroatoms. The summed E-state index contributed by atoms with van der Waals surface area (Å²) in [6.07, 6.45) is 0. The second-order valence-electron chi connectivity index (χ2n) is 6.34. The largest absolute Gasteiger partial charge is 0.490 e. The third-order valence-corrected chi connectivity index (χ3v) is 5.26. The summed E-state index contributed by atoms with van der Waals surface area (Å²) in [5.74, 6) is -0.106. The summed E-state index contributed by atoms with van der Waals surface area (Å²) < 4.78 is 26.0. The molecule has 0 atom stereocenters. The molecule has 0 bridgehead atoms. The third-order valence-electron chi connectivity index (χ3n) is 4.30. The standard InChI is InChI=1S/C20H20FN5O5S/c1-3-25-18(11-31-16-7-5-4-6-14(16)21)23-24-20(25)32-12-19(27)22-13-8-9-15(26(28)29)17(10-13)30-2/h4-10H,3,11-12H2,1-2H3,(H,22,27). The Morgan fingerprint density at radius 1 is 1.25 bits per heavy atom. The number of benzene rings is 2. The summed E-state index contributed by atoms with van der Waals surface area (Å²) in [5.41, 5.74) is 0.176. The molecule has 0 aliphatic carbocycles. The first-order chi connectivity index (χ1) is 15.4. The van der Waals surface area contributed by atoms with Crippen LogP contribution >= 0.6 is 11.8 Å². The lowest BCUT2D eigenvalue weighted by atomic mass is 10.2. The van der Waals surface area contributed by atoms with E-state index in [2.05, 4.69) is 15.5 Å². The lowest BCUT2D eigenvalue weighted by Crippen LogP contribution is -2.15. The molecule has 0 saturated carbocycles. The van der Waals surface area contributed by atoms with Gasteiger partial charge < -0.3 is 19.4 Å². The molecule has 1 heterocycles. The van der Waals surface area contributed by atoms with Crippen molar-refractivity contribution in [2.45, 2.75) is 25.2 Å². The summed E-state index contributed by atoms with van der Waals surface area (Å²) in [6.45, 7) is 2.45. The van der Waals surface area contributed by atoms with Crippen molar-refractivity contribution in [2.75, 3.05) is 18.2 Å². The Kier molecular flexibility index (Phi) is 7.60. The Morgan fingerprint density at radius 3 is 2.72 bits per heavy atom. The van der Waals surface area contributed by atoms with E-state index in [-0.39, 0.29) is 35.5 Å². The van der Waals surface area contributed by atoms with Gasteiger partial charge in [0.2, 0.25) is 5.91 Å². The maximum atomic E-state index is 13.7. The molecular weight excluding hydrogens is 441 g/mol. The summed E-state index contributed by atoms with van der Waals surface area (Å²) in [6, 6.07) is 10.1. The van der Waals surface area contributed by atoms with Crippen molar-refractivity contribution >= 4 is 29.0 Å². The number of nitrogens with zero attached hydrogens (tertiary/aromatic N) is 4. The summed E-state index contributed by atoms with van der Waals surface area (Å²) >= 11 is 1.17. The van der Waals surface area contributed by atoms with Gasteiger partial charge in [-0.25, -0.2) is 4.39 Å². The average molecular weight is 461 g/mol. The fourth-order valence-corrected chi connectivity index (χ4v) is 3.61. The van der Waals surface area contributed by atoms with Crippen molar-refractivity contribution in [1.29, 1.82) is 0 Å². The van der Waals surface area contributed by atoms with Crippen molar-refractivity contribution in [3.63, 3.8) is 0 Å². The first-order valence-corrected chi connectivity index (χ1v) is 10.5. The van der Waals surface area contributed by atoms with Crippen molar-refractivity contribution in [3.05, 3.63) is 64.2 Å². The van der Waals surface area contributed by atoms with E-state index < -0.39 is 10.7 Å². The predicted octanol–water partition coefficient (Wildman–Crippen LogP) is 3.66. The van der Waals surface area contributed by atoms with E-state index in [0.29, 0.717) is 23.2 Å². The molecule has 10 nitrogen and oxygen atoms in total. The Labute approximate surface area is 186 Å². The second kappa shape index (κ2) is 10.6. The Morgan fingerprint density at radius 2 is 2.03 bits per heavy atom. The molecule has 0 unspecified atom stereocenters. The first kappa shape index (κ1) is 23.0. The third kappa shape index (κ3) is 5.52. The number of aromatic nitrogens is 3. The molecule has 32 heavy (non-hydrogen) atoms. The lowest BCUT2D eigenvalue weighted by molar-refractivity contribution is -0.385. The molecule has 3 aromatic rings. The number of carbonyl (C=O) groups is 1. The highest BCUT2D eigenvalue weighted by Gasteiger charge is 2.17. The predicted molar refractivity (Wildman–Crippen MR) is 115 cm³/mol. The van der Waals surface area contributed by atoms with Gasteiger partial charge in [-0.1, -0.05) is 23.9 Å². The van der Waals surface area contributed by atoms with Crippen LogP contribution in [0.3, 0.4) is 0 Å². The van der Waals surface area contributed by atoms with Crippen LogP contribution in [-0.2, 0) is 17.9 Å². The Hall–Kier alpha value is -3.67. The van der Waals surface area contributed by atoms with Gasteiger partial charge >= 0.3 is 5.69 Å². The molecule has 1 aromatic heterocycles. The van der Waals surface area contributed by atoms with E-state index >= 15 is 0 Å². The second-order valence-corrected chi connectivity index (χ2v) is 7.29. The van der Waals surface area contributed by atoms with Crippen molar-refractivity contribution in [1.82, 2.24) is 14.8 Å². The number of hydrogen-bond donors (Lipinski definition) is 1. The summed E-state index contributed by atoms with van der Waals surface area (Å²) in [7, 11) is 1.31. The van der Waals surface area contributed by atoms with Crippen LogP contribution in [0.5, 0.6) is 11.5 Å². The smallest absolute Gasteiger partial charge is 0.311 e. The van der Waals surface area contributed by atoms with Crippen LogP contribution in [0.1, 0.15) is 12.7 Å². The number of rotatable bonds is 10. The molecule has 168 valence electrons. The number of halogens is 1. The zero-order chi connectivity index (χ0) is 23.1. The molecule has 0 aliphatic rings. The minimum absolute atomic E-state index is 0.0249. The van der Waals surface area contributed by atoms with Gasteiger partial charge in [0.05, 0.1) is 17.8 Å². The molecule has 0 spiro atoms. The van der Waals surface area contributed by atoms with Gasteiger partial charge in [0, 0.05) is 24.4 Å². The molecule has 0 aliphatic heterocycles. The number of nitro groups is 1. The van der Waals surface area contributed by atoms with Crippen molar-refractivity contribution in [3.8, 4) is 11.5 Å². The highest BCUT2D eigenvalue weighted by molar-refractivity contribution is 7.99. The summed E-state index contributed by atoms with van der Waals surface area (Å²) in [5, 5.41) is 22.3. The number of ether oxygens (including phenoxy) is 2. The molecule has 0 saturated heterocycles. The minimum atomic E-state index is -0.564. The number of para-hydroxylation sites is 1. The fourth-order valence-electron chi connectivity index (χ4n) is 2.79. The SMILES string of the molecule is CCn1c(COc2ccccc2F)nnc1SCC(=O)Nc1ccc([N+](=O)[O-])c(OC)c1.